The first-order valence-electron chi connectivity index (χ1n) is 9.65. The Bertz CT molecular complexity index is 1030. The first kappa shape index (κ1) is 20.3. The van der Waals surface area contributed by atoms with Gasteiger partial charge in [0.25, 0.3) is 0 Å². The zero-order chi connectivity index (χ0) is 20.9. The molecule has 0 radical (unpaired) electrons. The van der Waals surface area contributed by atoms with Crippen LogP contribution in [0.2, 0.25) is 0 Å². The zero-order valence-corrected chi connectivity index (χ0v) is 18.2. The van der Waals surface area contributed by atoms with E-state index in [2.05, 4.69) is 32.6 Å². The van der Waals surface area contributed by atoms with Crippen molar-refractivity contribution in [3.05, 3.63) is 65.5 Å². The fraction of sp³-hybridized carbons (Fsp3) is 0.227. The number of benzene rings is 2. The summed E-state index contributed by atoms with van der Waals surface area (Å²) in [5, 5.41) is 6.94. The largest absolute Gasteiger partial charge is 0.465 e. The number of nitrogens with one attached hydrogen (secondary N) is 1. The van der Waals surface area contributed by atoms with Gasteiger partial charge in [-0.15, -0.1) is 11.3 Å². The van der Waals surface area contributed by atoms with Crippen LogP contribution in [0.3, 0.4) is 0 Å². The molecule has 0 spiro atoms. The summed E-state index contributed by atoms with van der Waals surface area (Å²) in [6.45, 7) is 3.24. The van der Waals surface area contributed by atoms with Crippen molar-refractivity contribution >= 4 is 45.5 Å². The Morgan fingerprint density at radius 1 is 1.07 bits per heavy atom. The summed E-state index contributed by atoms with van der Waals surface area (Å²) >= 11 is 7.26. The smallest absolute Gasteiger partial charge is 0.339 e. The predicted octanol–water partition coefficient (Wildman–Crippen LogP) is 4.12. The van der Waals surface area contributed by atoms with Crippen LogP contribution in [0.25, 0.3) is 11.3 Å². The molecule has 0 amide bonds. The molecule has 1 fully saturated rings. The van der Waals surface area contributed by atoms with Gasteiger partial charge < -0.3 is 19.9 Å². The average molecular weight is 439 g/mol. The molecule has 0 bridgehead atoms. The van der Waals surface area contributed by atoms with E-state index in [0.29, 0.717) is 16.4 Å². The number of para-hydroxylation sites is 1. The molecule has 0 atom stereocenters. The number of thiazole rings is 1. The van der Waals surface area contributed by atoms with E-state index < -0.39 is 0 Å². The molecule has 2 heterocycles. The maximum Gasteiger partial charge on any atom is 0.339 e. The molecule has 1 saturated heterocycles. The van der Waals surface area contributed by atoms with Gasteiger partial charge in [-0.25, -0.2) is 9.78 Å². The van der Waals surface area contributed by atoms with Gasteiger partial charge in [0.1, 0.15) is 0 Å². The van der Waals surface area contributed by atoms with Crippen molar-refractivity contribution in [1.82, 2.24) is 9.88 Å². The highest BCUT2D eigenvalue weighted by atomic mass is 32.1. The Morgan fingerprint density at radius 3 is 2.50 bits per heavy atom. The number of hydrogen-bond acceptors (Lipinski definition) is 6. The summed E-state index contributed by atoms with van der Waals surface area (Å²) in [7, 11) is 1.37. The Kier molecular flexibility index (Phi) is 6.25. The lowest BCUT2D eigenvalue weighted by atomic mass is 10.2. The van der Waals surface area contributed by atoms with Gasteiger partial charge in [0.2, 0.25) is 0 Å². The van der Waals surface area contributed by atoms with Crippen molar-refractivity contribution in [2.75, 3.05) is 43.5 Å². The Labute approximate surface area is 185 Å². The Hall–Kier alpha value is -2.97. The Balaban J connectivity index is 1.37. The summed E-state index contributed by atoms with van der Waals surface area (Å²) in [4.78, 5) is 21.2. The fourth-order valence-electron chi connectivity index (χ4n) is 3.33. The number of methoxy groups -OCH3 is 1. The summed E-state index contributed by atoms with van der Waals surface area (Å²) < 4.78 is 4.85. The molecule has 1 N–H and O–H groups in total. The second kappa shape index (κ2) is 9.23. The van der Waals surface area contributed by atoms with E-state index in [0.717, 1.165) is 42.6 Å². The molecule has 1 aliphatic heterocycles. The molecule has 2 aromatic carbocycles. The highest BCUT2D eigenvalue weighted by Crippen LogP contribution is 2.28. The van der Waals surface area contributed by atoms with Crippen molar-refractivity contribution in [2.24, 2.45) is 0 Å². The topological polar surface area (TPSA) is 57.7 Å². The minimum atomic E-state index is -0.385. The number of esters is 1. The van der Waals surface area contributed by atoms with Crippen LogP contribution in [0.15, 0.2) is 60.0 Å². The number of ether oxygens (including phenoxy) is 1. The lowest BCUT2D eigenvalue weighted by Crippen LogP contribution is -2.50. The van der Waals surface area contributed by atoms with E-state index in [1.807, 2.05) is 30.3 Å². The molecule has 6 nitrogen and oxygen atoms in total. The number of carbonyl (C=O) groups excluding carboxylic acids is 1. The number of carbonyl (C=O) groups is 1. The average Bonchev–Trinajstić information content (AvgIpc) is 3.30. The third-order valence-electron chi connectivity index (χ3n) is 4.97. The molecular weight excluding hydrogens is 416 g/mol. The maximum atomic E-state index is 12.0. The van der Waals surface area contributed by atoms with Crippen LogP contribution in [-0.4, -0.2) is 54.3 Å². The molecule has 30 heavy (non-hydrogen) atoms. The number of aromatic nitrogens is 1. The highest BCUT2D eigenvalue weighted by molar-refractivity contribution is 7.80. The van der Waals surface area contributed by atoms with Gasteiger partial charge in [0.15, 0.2) is 10.2 Å². The quantitative estimate of drug-likeness (QED) is 0.486. The van der Waals surface area contributed by atoms with Crippen molar-refractivity contribution in [1.29, 1.82) is 0 Å². The van der Waals surface area contributed by atoms with Crippen LogP contribution in [0, 0.1) is 0 Å². The van der Waals surface area contributed by atoms with E-state index >= 15 is 0 Å². The van der Waals surface area contributed by atoms with E-state index in [9.17, 15) is 4.79 Å². The first-order valence-corrected chi connectivity index (χ1v) is 10.9. The first-order chi connectivity index (χ1) is 14.7. The molecule has 4 rings (SSSR count). The summed E-state index contributed by atoms with van der Waals surface area (Å²) in [5.74, 6) is -0.385. The van der Waals surface area contributed by atoms with E-state index in [1.54, 1.807) is 23.5 Å². The monoisotopic (exact) mass is 438 g/mol. The summed E-state index contributed by atoms with van der Waals surface area (Å²) in [5.41, 5.74) is 3.27. The molecule has 154 valence electrons. The van der Waals surface area contributed by atoms with Crippen LogP contribution in [-0.2, 0) is 4.74 Å². The van der Waals surface area contributed by atoms with Crippen LogP contribution in [0.1, 0.15) is 10.4 Å². The highest BCUT2D eigenvalue weighted by Gasteiger charge is 2.22. The van der Waals surface area contributed by atoms with Crippen LogP contribution in [0.5, 0.6) is 0 Å². The second-order valence-electron chi connectivity index (χ2n) is 6.82. The van der Waals surface area contributed by atoms with Crippen molar-refractivity contribution in [3.8, 4) is 11.3 Å². The van der Waals surface area contributed by atoms with Crippen molar-refractivity contribution in [2.45, 2.75) is 0 Å². The second-order valence-corrected chi connectivity index (χ2v) is 8.05. The normalized spacial score (nSPS) is 13.8. The van der Waals surface area contributed by atoms with E-state index in [1.165, 1.54) is 7.11 Å². The number of piperazine rings is 1. The van der Waals surface area contributed by atoms with Crippen molar-refractivity contribution < 1.29 is 9.53 Å². The van der Waals surface area contributed by atoms with Gasteiger partial charge >= 0.3 is 5.97 Å². The molecule has 0 unspecified atom stereocenters. The molecule has 3 aromatic rings. The fourth-order valence-corrected chi connectivity index (χ4v) is 4.51. The van der Waals surface area contributed by atoms with E-state index in [-0.39, 0.29) is 5.97 Å². The van der Waals surface area contributed by atoms with Crippen LogP contribution >= 0.6 is 23.6 Å². The van der Waals surface area contributed by atoms with Gasteiger partial charge in [-0.3, -0.25) is 0 Å². The molecule has 0 saturated carbocycles. The van der Waals surface area contributed by atoms with Crippen LogP contribution in [0.4, 0.5) is 10.8 Å². The molecular formula is C22H22N4O2S2. The Morgan fingerprint density at radius 2 is 1.77 bits per heavy atom. The number of rotatable bonds is 4. The number of hydrogen-bond donors (Lipinski definition) is 1. The number of anilines is 2. The minimum Gasteiger partial charge on any atom is -0.465 e. The number of nitrogens with zero attached hydrogens (tertiary/aromatic N) is 3. The standard InChI is InChI=1S/C22H22N4O2S2/c1-28-20(27)17-9-5-6-10-18(17)23-21(29)25-11-13-26(14-12-25)22-24-19(15-30-22)16-7-3-2-4-8-16/h2-10,15H,11-14H2,1H3,(H,23,29). The summed E-state index contributed by atoms with van der Waals surface area (Å²) in [6.07, 6.45) is 0. The third kappa shape index (κ3) is 4.44. The SMILES string of the molecule is COC(=O)c1ccccc1NC(=S)N1CCN(c2nc(-c3ccccc3)cs2)CC1. The predicted molar refractivity (Wildman–Crippen MR) is 125 cm³/mol. The van der Waals surface area contributed by atoms with Gasteiger partial charge in [-0.2, -0.15) is 0 Å². The lowest BCUT2D eigenvalue weighted by molar-refractivity contribution is 0.0602. The van der Waals surface area contributed by atoms with Crippen LogP contribution < -0.4 is 10.2 Å². The third-order valence-corrected chi connectivity index (χ3v) is 6.23. The van der Waals surface area contributed by atoms with Gasteiger partial charge in [-0.05, 0) is 24.4 Å². The molecule has 1 aromatic heterocycles. The van der Waals surface area contributed by atoms with Gasteiger partial charge in [0, 0.05) is 37.1 Å². The number of thiocarbonyl (C=S) groups is 1. The maximum absolute atomic E-state index is 12.0. The zero-order valence-electron chi connectivity index (χ0n) is 16.6. The lowest BCUT2D eigenvalue weighted by Gasteiger charge is -2.36. The van der Waals surface area contributed by atoms with E-state index in [4.69, 9.17) is 21.9 Å². The molecule has 1 aliphatic rings. The van der Waals surface area contributed by atoms with Crippen molar-refractivity contribution in [3.63, 3.8) is 0 Å². The molecule has 0 aliphatic carbocycles. The molecule has 8 heteroatoms. The van der Waals surface area contributed by atoms with Gasteiger partial charge in [0.05, 0.1) is 24.1 Å². The minimum absolute atomic E-state index is 0.385. The van der Waals surface area contributed by atoms with Gasteiger partial charge in [-0.1, -0.05) is 42.5 Å². The summed E-state index contributed by atoms with van der Waals surface area (Å²) in [6, 6.07) is 17.4.